The van der Waals surface area contributed by atoms with E-state index < -0.39 is 8.07 Å². The van der Waals surface area contributed by atoms with Gasteiger partial charge in [0.2, 0.25) is 0 Å². The summed E-state index contributed by atoms with van der Waals surface area (Å²) in [7, 11) is -1.66. The molecule has 0 aromatic heterocycles. The van der Waals surface area contributed by atoms with Crippen LogP contribution in [0, 0.1) is 0 Å². The van der Waals surface area contributed by atoms with Crippen molar-refractivity contribution in [2.75, 3.05) is 0 Å². The third-order valence-corrected chi connectivity index (χ3v) is 6.46. The molecule has 0 saturated heterocycles. The molecule has 17 heavy (non-hydrogen) atoms. The summed E-state index contributed by atoms with van der Waals surface area (Å²) in [6.45, 7) is 8.45. The van der Waals surface area contributed by atoms with Gasteiger partial charge in [-0.25, -0.2) is 0 Å². The average molecular weight is 311 g/mol. The zero-order valence-electron chi connectivity index (χ0n) is 11.0. The fourth-order valence-corrected chi connectivity index (χ4v) is 3.95. The minimum absolute atomic E-state index is 0.297. The van der Waals surface area contributed by atoms with Crippen LogP contribution in [-0.2, 0) is 4.79 Å². The molecule has 0 aliphatic carbocycles. The molecule has 92 valence electrons. The van der Waals surface area contributed by atoms with Gasteiger partial charge in [-0.2, -0.15) is 0 Å². The molecule has 0 N–H and O–H groups in total. The van der Waals surface area contributed by atoms with Crippen molar-refractivity contribution >= 4 is 32.9 Å². The van der Waals surface area contributed by atoms with Crippen LogP contribution in [0.1, 0.15) is 13.3 Å². The molecular formula is C14H20OSeSi. The van der Waals surface area contributed by atoms with Crippen molar-refractivity contribution in [2.45, 2.75) is 33.0 Å². The van der Waals surface area contributed by atoms with E-state index in [1.165, 1.54) is 8.93 Å². The number of allylic oxidation sites excluding steroid dienone is 2. The molecule has 1 aromatic rings. The third-order valence-electron chi connectivity index (χ3n) is 2.37. The normalized spacial score (nSPS) is 12.6. The van der Waals surface area contributed by atoms with Gasteiger partial charge in [0.05, 0.1) is 0 Å². The van der Waals surface area contributed by atoms with Crippen molar-refractivity contribution in [3.05, 3.63) is 40.9 Å². The van der Waals surface area contributed by atoms with Gasteiger partial charge >= 0.3 is 112 Å². The van der Waals surface area contributed by atoms with Crippen molar-refractivity contribution in [1.82, 2.24) is 0 Å². The van der Waals surface area contributed by atoms with Crippen molar-refractivity contribution in [3.8, 4) is 0 Å². The topological polar surface area (TPSA) is 17.1 Å². The van der Waals surface area contributed by atoms with Gasteiger partial charge in [0, 0.05) is 0 Å². The molecule has 1 aromatic carbocycles. The SMILES string of the molecule is CC/C(=C/C(=O)[Si](C)(C)C)[Se]c1ccccc1. The van der Waals surface area contributed by atoms with E-state index in [0.29, 0.717) is 20.4 Å². The summed E-state index contributed by atoms with van der Waals surface area (Å²) in [5.41, 5.74) is 0. The Kier molecular flexibility index (Phi) is 5.38. The van der Waals surface area contributed by atoms with Crippen molar-refractivity contribution < 1.29 is 4.79 Å². The summed E-state index contributed by atoms with van der Waals surface area (Å²) in [5, 5.41) is 0.368. The van der Waals surface area contributed by atoms with Crippen LogP contribution >= 0.6 is 0 Å². The maximum atomic E-state index is 12.0. The van der Waals surface area contributed by atoms with Gasteiger partial charge in [-0.15, -0.1) is 0 Å². The Labute approximate surface area is 111 Å². The number of carbonyl (C=O) groups is 1. The summed E-state index contributed by atoms with van der Waals surface area (Å²) in [5.74, 6) is 0. The van der Waals surface area contributed by atoms with E-state index in [-0.39, 0.29) is 0 Å². The summed E-state index contributed by atoms with van der Waals surface area (Å²) in [6, 6.07) is 10.4. The summed E-state index contributed by atoms with van der Waals surface area (Å²) in [4.78, 5) is 12.0. The zero-order chi connectivity index (χ0) is 12.9. The molecule has 1 rings (SSSR count). The Morgan fingerprint density at radius 1 is 1.24 bits per heavy atom. The standard InChI is InChI=1S/C14H20OSeSi/c1-5-12(11-14(15)17(2,3)4)16-13-9-7-6-8-10-13/h6-11H,5H2,1-4H3/b12-11-. The van der Waals surface area contributed by atoms with Crippen LogP contribution in [0.2, 0.25) is 19.6 Å². The van der Waals surface area contributed by atoms with Crippen molar-refractivity contribution in [1.29, 1.82) is 0 Å². The fourth-order valence-electron chi connectivity index (χ4n) is 1.21. The number of carbonyl (C=O) groups excluding carboxylic acids is 1. The molecule has 0 fully saturated rings. The van der Waals surface area contributed by atoms with Crippen LogP contribution in [0.3, 0.4) is 0 Å². The number of hydrogen-bond donors (Lipinski definition) is 0. The Morgan fingerprint density at radius 2 is 1.82 bits per heavy atom. The molecule has 0 spiro atoms. The van der Waals surface area contributed by atoms with E-state index in [1.54, 1.807) is 0 Å². The Bertz CT molecular complexity index is 404. The molecule has 0 unspecified atom stereocenters. The molecule has 0 saturated carbocycles. The summed E-state index contributed by atoms with van der Waals surface area (Å²) >= 11 is 0.297. The van der Waals surface area contributed by atoms with Gasteiger partial charge in [-0.1, -0.05) is 0 Å². The first-order valence-electron chi connectivity index (χ1n) is 5.91. The second-order valence-electron chi connectivity index (χ2n) is 4.99. The van der Waals surface area contributed by atoms with Gasteiger partial charge in [0.15, 0.2) is 0 Å². The molecule has 0 heterocycles. The van der Waals surface area contributed by atoms with Crippen LogP contribution in [0.25, 0.3) is 0 Å². The van der Waals surface area contributed by atoms with E-state index in [2.05, 4.69) is 50.8 Å². The average Bonchev–Trinajstić information content (AvgIpc) is 2.28. The summed E-state index contributed by atoms with van der Waals surface area (Å²) in [6.07, 6.45) is 2.89. The molecule has 0 atom stereocenters. The molecule has 0 aliphatic rings. The van der Waals surface area contributed by atoms with Crippen LogP contribution < -0.4 is 4.46 Å². The molecule has 0 bridgehead atoms. The molecule has 0 amide bonds. The maximum absolute atomic E-state index is 12.0. The van der Waals surface area contributed by atoms with E-state index in [0.717, 1.165) is 6.42 Å². The molecule has 0 aliphatic heterocycles. The Balaban J connectivity index is 2.79. The zero-order valence-corrected chi connectivity index (χ0v) is 13.7. The summed E-state index contributed by atoms with van der Waals surface area (Å²) < 4.78 is 2.65. The van der Waals surface area contributed by atoms with Crippen molar-refractivity contribution in [2.24, 2.45) is 0 Å². The van der Waals surface area contributed by atoms with Gasteiger partial charge < -0.3 is 0 Å². The Hall–Kier alpha value is -0.634. The van der Waals surface area contributed by atoms with Crippen LogP contribution in [0.15, 0.2) is 40.9 Å². The molecule has 1 nitrogen and oxygen atoms in total. The Morgan fingerprint density at radius 3 is 2.29 bits per heavy atom. The van der Waals surface area contributed by atoms with Crippen LogP contribution in [0.4, 0.5) is 0 Å². The van der Waals surface area contributed by atoms with Gasteiger partial charge in [-0.05, 0) is 0 Å². The number of rotatable bonds is 5. The number of benzene rings is 1. The minimum atomic E-state index is -1.66. The van der Waals surface area contributed by atoms with Gasteiger partial charge in [-0.3, -0.25) is 0 Å². The quantitative estimate of drug-likeness (QED) is 0.604. The molecule has 3 heteroatoms. The first kappa shape index (κ1) is 14.4. The fraction of sp³-hybridized carbons (Fsp3) is 0.357. The van der Waals surface area contributed by atoms with E-state index in [4.69, 9.17) is 0 Å². The predicted octanol–water partition coefficient (Wildman–Crippen LogP) is 2.76. The first-order valence-corrected chi connectivity index (χ1v) is 11.1. The van der Waals surface area contributed by atoms with E-state index in [9.17, 15) is 4.79 Å². The van der Waals surface area contributed by atoms with Crippen LogP contribution in [-0.4, -0.2) is 28.4 Å². The molecular weight excluding hydrogens is 291 g/mol. The number of hydrogen-bond acceptors (Lipinski definition) is 1. The van der Waals surface area contributed by atoms with Crippen molar-refractivity contribution in [3.63, 3.8) is 0 Å². The van der Waals surface area contributed by atoms with Crippen LogP contribution in [0.5, 0.6) is 0 Å². The predicted molar refractivity (Wildman–Crippen MR) is 78.6 cm³/mol. The van der Waals surface area contributed by atoms with E-state index >= 15 is 0 Å². The third kappa shape index (κ3) is 5.03. The molecule has 0 radical (unpaired) electrons. The van der Waals surface area contributed by atoms with Gasteiger partial charge in [0.25, 0.3) is 0 Å². The monoisotopic (exact) mass is 312 g/mol. The van der Waals surface area contributed by atoms with E-state index in [1.807, 2.05) is 12.1 Å². The van der Waals surface area contributed by atoms with Gasteiger partial charge in [0.1, 0.15) is 0 Å². The second-order valence-corrected chi connectivity index (χ2v) is 12.5. The first-order chi connectivity index (χ1) is 7.93. The second kappa shape index (κ2) is 6.34.